The zero-order chi connectivity index (χ0) is 20.0. The standard InChI is InChI=1S/C21H29ClN2O3S/c22-20-11-10-18(28(26,27)24-14-6-1-2-7-15-24)16-19(20)21(25)23-13-12-17-8-4-3-5-9-17/h8,10-11,16H,1-7,9,12-15H2,(H,23,25). The first-order valence-corrected chi connectivity index (χ1v) is 12.1. The number of hydrogen-bond acceptors (Lipinski definition) is 3. The molecular weight excluding hydrogens is 396 g/mol. The molecule has 7 heteroatoms. The van der Waals surface area contributed by atoms with Gasteiger partial charge in [-0.05, 0) is 63.1 Å². The predicted molar refractivity (Wildman–Crippen MR) is 112 cm³/mol. The first kappa shape index (κ1) is 21.3. The Labute approximate surface area is 173 Å². The Hall–Kier alpha value is -1.37. The van der Waals surface area contributed by atoms with Crippen molar-refractivity contribution in [1.82, 2.24) is 9.62 Å². The number of nitrogens with one attached hydrogen (secondary N) is 1. The van der Waals surface area contributed by atoms with Crippen molar-refractivity contribution in [3.63, 3.8) is 0 Å². The Morgan fingerprint density at radius 2 is 1.82 bits per heavy atom. The summed E-state index contributed by atoms with van der Waals surface area (Å²) in [7, 11) is -3.61. The molecular formula is C21H29ClN2O3S. The lowest BCUT2D eigenvalue weighted by Gasteiger charge is -2.20. The van der Waals surface area contributed by atoms with Crippen LogP contribution in [0.15, 0.2) is 34.7 Å². The second-order valence-corrected chi connectivity index (χ2v) is 9.92. The first-order chi connectivity index (χ1) is 13.5. The van der Waals surface area contributed by atoms with Gasteiger partial charge in [0.05, 0.1) is 15.5 Å². The van der Waals surface area contributed by atoms with Crippen molar-refractivity contribution >= 4 is 27.5 Å². The monoisotopic (exact) mass is 424 g/mol. The normalized spacial score (nSPS) is 19.0. The molecule has 0 aromatic heterocycles. The number of hydrogen-bond donors (Lipinski definition) is 1. The Bertz CT molecular complexity index is 828. The lowest BCUT2D eigenvalue weighted by atomic mass is 9.97. The molecule has 1 aromatic carbocycles. The number of carbonyl (C=O) groups is 1. The van der Waals surface area contributed by atoms with E-state index in [0.29, 0.717) is 19.6 Å². The molecule has 1 aliphatic carbocycles. The van der Waals surface area contributed by atoms with Crippen molar-refractivity contribution in [3.05, 3.63) is 40.4 Å². The van der Waals surface area contributed by atoms with Crippen LogP contribution in [-0.4, -0.2) is 38.3 Å². The van der Waals surface area contributed by atoms with Gasteiger partial charge in [-0.25, -0.2) is 8.42 Å². The predicted octanol–water partition coefficient (Wildman–Crippen LogP) is 4.53. The van der Waals surface area contributed by atoms with Crippen LogP contribution >= 0.6 is 11.6 Å². The Morgan fingerprint density at radius 3 is 2.50 bits per heavy atom. The number of nitrogens with zero attached hydrogens (tertiary/aromatic N) is 1. The van der Waals surface area contributed by atoms with Crippen LogP contribution in [-0.2, 0) is 10.0 Å². The highest BCUT2D eigenvalue weighted by atomic mass is 35.5. The van der Waals surface area contributed by atoms with Crippen molar-refractivity contribution in [3.8, 4) is 0 Å². The number of allylic oxidation sites excluding steroid dienone is 1. The maximum atomic E-state index is 13.0. The molecule has 1 N–H and O–H groups in total. The fraction of sp³-hybridized carbons (Fsp3) is 0.571. The molecule has 1 heterocycles. The van der Waals surface area contributed by atoms with E-state index in [-0.39, 0.29) is 21.4 Å². The molecule has 28 heavy (non-hydrogen) atoms. The lowest BCUT2D eigenvalue weighted by molar-refractivity contribution is 0.0954. The highest BCUT2D eigenvalue weighted by molar-refractivity contribution is 7.89. The molecule has 0 unspecified atom stereocenters. The van der Waals surface area contributed by atoms with Gasteiger partial charge in [-0.15, -0.1) is 0 Å². The van der Waals surface area contributed by atoms with Crippen molar-refractivity contribution in [2.24, 2.45) is 0 Å². The van der Waals surface area contributed by atoms with E-state index in [1.54, 1.807) is 0 Å². The number of amides is 1. The average Bonchev–Trinajstić information content (AvgIpc) is 2.99. The van der Waals surface area contributed by atoms with E-state index in [9.17, 15) is 13.2 Å². The Morgan fingerprint density at radius 1 is 1.07 bits per heavy atom. The van der Waals surface area contributed by atoms with Crippen LogP contribution in [0.4, 0.5) is 0 Å². The van der Waals surface area contributed by atoms with Crippen LogP contribution in [0.2, 0.25) is 5.02 Å². The molecule has 5 nitrogen and oxygen atoms in total. The summed E-state index contributed by atoms with van der Waals surface area (Å²) in [6, 6.07) is 4.41. The maximum absolute atomic E-state index is 13.0. The fourth-order valence-electron chi connectivity index (χ4n) is 3.83. The highest BCUT2D eigenvalue weighted by Gasteiger charge is 2.26. The molecule has 0 radical (unpaired) electrons. The number of carbonyl (C=O) groups excluding carboxylic acids is 1. The molecule has 1 aliphatic heterocycles. The number of rotatable bonds is 6. The lowest BCUT2D eigenvalue weighted by Crippen LogP contribution is -2.32. The maximum Gasteiger partial charge on any atom is 0.252 e. The van der Waals surface area contributed by atoms with Gasteiger partial charge in [0.1, 0.15) is 0 Å². The van der Waals surface area contributed by atoms with Gasteiger partial charge in [0.2, 0.25) is 10.0 Å². The molecule has 2 aliphatic rings. The van der Waals surface area contributed by atoms with Crippen molar-refractivity contribution in [1.29, 1.82) is 0 Å². The summed E-state index contributed by atoms with van der Waals surface area (Å²) in [6.45, 7) is 1.59. The van der Waals surface area contributed by atoms with E-state index in [4.69, 9.17) is 11.6 Å². The summed E-state index contributed by atoms with van der Waals surface area (Å²) in [5, 5.41) is 3.15. The third-order valence-electron chi connectivity index (χ3n) is 5.50. The van der Waals surface area contributed by atoms with Crippen LogP contribution < -0.4 is 5.32 Å². The first-order valence-electron chi connectivity index (χ1n) is 10.2. The third-order valence-corrected chi connectivity index (χ3v) is 7.73. The van der Waals surface area contributed by atoms with E-state index in [2.05, 4.69) is 11.4 Å². The van der Waals surface area contributed by atoms with Gasteiger partial charge in [0.25, 0.3) is 5.91 Å². The minimum atomic E-state index is -3.61. The van der Waals surface area contributed by atoms with Crippen molar-refractivity contribution in [2.45, 2.75) is 62.7 Å². The Balaban J connectivity index is 1.69. The zero-order valence-electron chi connectivity index (χ0n) is 16.3. The quantitative estimate of drug-likeness (QED) is 0.682. The Kier molecular flexibility index (Phi) is 7.55. The summed E-state index contributed by atoms with van der Waals surface area (Å²) in [6.07, 6.45) is 11.6. The van der Waals surface area contributed by atoms with Crippen molar-refractivity contribution in [2.75, 3.05) is 19.6 Å². The second-order valence-electron chi connectivity index (χ2n) is 7.57. The largest absolute Gasteiger partial charge is 0.352 e. The van der Waals surface area contributed by atoms with Gasteiger partial charge in [0, 0.05) is 19.6 Å². The van der Waals surface area contributed by atoms with Crippen LogP contribution in [0.25, 0.3) is 0 Å². The van der Waals surface area contributed by atoms with E-state index in [0.717, 1.165) is 44.9 Å². The molecule has 0 spiro atoms. The van der Waals surface area contributed by atoms with Gasteiger partial charge >= 0.3 is 0 Å². The minimum absolute atomic E-state index is 0.138. The molecule has 154 valence electrons. The number of sulfonamides is 1. The average molecular weight is 425 g/mol. The van der Waals surface area contributed by atoms with Crippen LogP contribution in [0, 0.1) is 0 Å². The van der Waals surface area contributed by atoms with Gasteiger partial charge in [0.15, 0.2) is 0 Å². The van der Waals surface area contributed by atoms with E-state index < -0.39 is 10.0 Å². The SMILES string of the molecule is O=C(NCCC1=CCCCC1)c1cc(S(=O)(=O)N2CCCCCC2)ccc1Cl. The summed E-state index contributed by atoms with van der Waals surface area (Å²) in [4.78, 5) is 12.7. The summed E-state index contributed by atoms with van der Waals surface area (Å²) >= 11 is 6.20. The van der Waals surface area contributed by atoms with Gasteiger partial charge in [-0.3, -0.25) is 4.79 Å². The molecule has 1 fully saturated rings. The molecule has 3 rings (SSSR count). The molecule has 0 bridgehead atoms. The van der Waals surface area contributed by atoms with Crippen LogP contribution in [0.3, 0.4) is 0 Å². The summed E-state index contributed by atoms with van der Waals surface area (Å²) in [5.41, 5.74) is 1.60. The van der Waals surface area contributed by atoms with E-state index in [1.165, 1.54) is 40.9 Å². The molecule has 1 amide bonds. The summed E-state index contributed by atoms with van der Waals surface area (Å²) in [5.74, 6) is -0.325. The fourth-order valence-corrected chi connectivity index (χ4v) is 5.58. The molecule has 0 atom stereocenters. The van der Waals surface area contributed by atoms with Crippen LogP contribution in [0.5, 0.6) is 0 Å². The van der Waals surface area contributed by atoms with Gasteiger partial charge < -0.3 is 5.32 Å². The summed E-state index contributed by atoms with van der Waals surface area (Å²) < 4.78 is 27.5. The van der Waals surface area contributed by atoms with E-state index >= 15 is 0 Å². The molecule has 1 aromatic rings. The van der Waals surface area contributed by atoms with Gasteiger partial charge in [-0.2, -0.15) is 4.31 Å². The van der Waals surface area contributed by atoms with Crippen LogP contribution in [0.1, 0.15) is 68.1 Å². The molecule has 0 saturated carbocycles. The highest BCUT2D eigenvalue weighted by Crippen LogP contribution is 2.25. The number of halogens is 1. The topological polar surface area (TPSA) is 66.5 Å². The third kappa shape index (κ3) is 5.37. The minimum Gasteiger partial charge on any atom is -0.352 e. The molecule has 1 saturated heterocycles. The zero-order valence-corrected chi connectivity index (χ0v) is 17.8. The van der Waals surface area contributed by atoms with E-state index in [1.807, 2.05) is 0 Å². The van der Waals surface area contributed by atoms with Gasteiger partial charge in [-0.1, -0.05) is 36.1 Å². The number of benzene rings is 1. The second kappa shape index (κ2) is 9.90. The van der Waals surface area contributed by atoms with Crippen molar-refractivity contribution < 1.29 is 13.2 Å². The smallest absolute Gasteiger partial charge is 0.252 e.